The lowest BCUT2D eigenvalue weighted by Gasteiger charge is -2.06. The Morgan fingerprint density at radius 1 is 1.10 bits per heavy atom. The highest BCUT2D eigenvalue weighted by atomic mass is 19.3. The van der Waals surface area contributed by atoms with Gasteiger partial charge in [-0.1, -0.05) is 6.07 Å². The first-order chi connectivity index (χ1) is 9.64. The van der Waals surface area contributed by atoms with E-state index in [1.165, 1.54) is 6.07 Å². The topological polar surface area (TPSA) is 48.7 Å². The van der Waals surface area contributed by atoms with Gasteiger partial charge in [0.1, 0.15) is 0 Å². The van der Waals surface area contributed by atoms with Crippen molar-refractivity contribution in [3.63, 3.8) is 0 Å². The van der Waals surface area contributed by atoms with E-state index in [4.69, 9.17) is 0 Å². The summed E-state index contributed by atoms with van der Waals surface area (Å²) < 4.78 is 36.9. The summed E-state index contributed by atoms with van der Waals surface area (Å²) in [5, 5.41) is 4.15. The summed E-state index contributed by atoms with van der Waals surface area (Å²) in [5.41, 5.74) is 1.62. The molecular formula is C13H7F2N3O2. The maximum absolute atomic E-state index is 13.2. The number of rotatable bonds is 1. The van der Waals surface area contributed by atoms with Crippen LogP contribution in [0.4, 0.5) is 8.78 Å². The normalized spacial score (nSPS) is 15.7. The molecule has 0 saturated heterocycles. The van der Waals surface area contributed by atoms with Crippen molar-refractivity contribution in [1.82, 2.24) is 14.6 Å². The first-order valence-electron chi connectivity index (χ1n) is 5.82. The van der Waals surface area contributed by atoms with Crippen molar-refractivity contribution in [3.8, 4) is 22.8 Å². The molecule has 0 radical (unpaired) electrons. The largest absolute Gasteiger partial charge is 0.586 e. The van der Waals surface area contributed by atoms with Gasteiger partial charge in [-0.2, -0.15) is 5.10 Å². The van der Waals surface area contributed by atoms with Crippen molar-refractivity contribution in [3.05, 3.63) is 42.7 Å². The third kappa shape index (κ3) is 1.52. The summed E-state index contributed by atoms with van der Waals surface area (Å²) in [7, 11) is 0. The van der Waals surface area contributed by atoms with Crippen LogP contribution in [0.25, 0.3) is 16.9 Å². The Labute approximate surface area is 111 Å². The molecule has 1 aliphatic rings. The molecule has 4 rings (SSSR count). The molecule has 5 nitrogen and oxygen atoms in total. The van der Waals surface area contributed by atoms with Crippen molar-refractivity contribution in [2.45, 2.75) is 6.29 Å². The van der Waals surface area contributed by atoms with Crippen LogP contribution in [0.2, 0.25) is 0 Å². The lowest BCUT2D eigenvalue weighted by Crippen LogP contribution is -2.26. The Kier molecular flexibility index (Phi) is 2.04. The van der Waals surface area contributed by atoms with Gasteiger partial charge in [-0.25, -0.2) is 9.50 Å². The molecule has 0 amide bonds. The van der Waals surface area contributed by atoms with E-state index in [1.54, 1.807) is 41.2 Å². The number of aromatic nitrogens is 3. The van der Waals surface area contributed by atoms with E-state index in [1.807, 2.05) is 0 Å². The SMILES string of the molecule is FC1(F)Oc2cccc(-c3cnc4cccnn34)c2O1. The second-order valence-corrected chi connectivity index (χ2v) is 4.24. The predicted octanol–water partition coefficient (Wildman–Crippen LogP) is 2.72. The van der Waals surface area contributed by atoms with Crippen LogP contribution in [-0.4, -0.2) is 20.9 Å². The molecule has 3 aromatic rings. The fraction of sp³-hybridized carbons (Fsp3) is 0.0769. The molecule has 0 unspecified atom stereocenters. The van der Waals surface area contributed by atoms with Crippen molar-refractivity contribution >= 4 is 5.65 Å². The lowest BCUT2D eigenvalue weighted by molar-refractivity contribution is -0.286. The fourth-order valence-corrected chi connectivity index (χ4v) is 2.18. The number of para-hydroxylation sites is 1. The van der Waals surface area contributed by atoms with E-state index < -0.39 is 6.29 Å². The van der Waals surface area contributed by atoms with Crippen LogP contribution < -0.4 is 9.47 Å². The minimum absolute atomic E-state index is 0.00150. The van der Waals surface area contributed by atoms with Crippen LogP contribution in [0.1, 0.15) is 0 Å². The molecule has 2 aromatic heterocycles. The standard InChI is InChI=1S/C13H7F2N3O2/c14-13(15)19-10-4-1-3-8(12(10)20-13)9-7-16-11-5-2-6-17-18(9)11/h1-7H. The molecule has 100 valence electrons. The summed E-state index contributed by atoms with van der Waals surface area (Å²) in [6.45, 7) is 0. The second-order valence-electron chi connectivity index (χ2n) is 4.24. The Morgan fingerprint density at radius 3 is 2.90 bits per heavy atom. The molecule has 0 saturated carbocycles. The number of halogens is 2. The van der Waals surface area contributed by atoms with Crippen molar-refractivity contribution < 1.29 is 18.3 Å². The van der Waals surface area contributed by atoms with Crippen LogP contribution >= 0.6 is 0 Å². The van der Waals surface area contributed by atoms with Gasteiger partial charge in [0.05, 0.1) is 11.9 Å². The molecular weight excluding hydrogens is 268 g/mol. The van der Waals surface area contributed by atoms with Crippen LogP contribution in [0.5, 0.6) is 11.5 Å². The summed E-state index contributed by atoms with van der Waals surface area (Å²) in [4.78, 5) is 4.17. The number of imidazole rings is 1. The quantitative estimate of drug-likeness (QED) is 0.685. The number of hydrogen-bond acceptors (Lipinski definition) is 4. The molecule has 0 atom stereocenters. The molecule has 0 bridgehead atoms. The van der Waals surface area contributed by atoms with Gasteiger partial charge in [0.2, 0.25) is 0 Å². The van der Waals surface area contributed by atoms with Gasteiger partial charge in [0.25, 0.3) is 0 Å². The summed E-state index contributed by atoms with van der Waals surface area (Å²) in [6, 6.07) is 8.21. The Balaban J connectivity index is 1.95. The van der Waals surface area contributed by atoms with E-state index in [9.17, 15) is 8.78 Å². The number of benzene rings is 1. The Hall–Kier alpha value is -2.70. The molecule has 1 aliphatic heterocycles. The molecule has 20 heavy (non-hydrogen) atoms. The summed E-state index contributed by atoms with van der Waals surface area (Å²) in [6.07, 6.45) is -0.503. The highest BCUT2D eigenvalue weighted by Gasteiger charge is 2.44. The molecule has 7 heteroatoms. The monoisotopic (exact) mass is 275 g/mol. The van der Waals surface area contributed by atoms with Gasteiger partial charge >= 0.3 is 6.29 Å². The van der Waals surface area contributed by atoms with E-state index >= 15 is 0 Å². The number of ether oxygens (including phenoxy) is 2. The van der Waals surface area contributed by atoms with Crippen molar-refractivity contribution in [1.29, 1.82) is 0 Å². The summed E-state index contributed by atoms with van der Waals surface area (Å²) in [5.74, 6) is -0.0108. The maximum atomic E-state index is 13.2. The Morgan fingerprint density at radius 2 is 2.00 bits per heavy atom. The zero-order valence-electron chi connectivity index (χ0n) is 9.96. The third-order valence-corrected chi connectivity index (χ3v) is 2.98. The molecule has 0 fully saturated rings. The minimum Gasteiger partial charge on any atom is -0.395 e. The molecule has 1 aromatic carbocycles. The Bertz CT molecular complexity index is 816. The average Bonchev–Trinajstić information content (AvgIpc) is 2.97. The second kappa shape index (κ2) is 3.66. The van der Waals surface area contributed by atoms with Gasteiger partial charge in [-0.05, 0) is 24.3 Å². The van der Waals surface area contributed by atoms with Crippen LogP contribution in [0.15, 0.2) is 42.7 Å². The lowest BCUT2D eigenvalue weighted by atomic mass is 10.1. The zero-order chi connectivity index (χ0) is 13.7. The maximum Gasteiger partial charge on any atom is 0.586 e. The molecule has 0 aliphatic carbocycles. The van der Waals surface area contributed by atoms with Gasteiger partial charge in [-0.15, -0.1) is 8.78 Å². The number of nitrogens with zero attached hydrogens (tertiary/aromatic N) is 3. The molecule has 0 N–H and O–H groups in total. The molecule has 3 heterocycles. The number of alkyl halides is 2. The van der Waals surface area contributed by atoms with E-state index in [2.05, 4.69) is 19.6 Å². The molecule has 0 spiro atoms. The predicted molar refractivity (Wildman–Crippen MR) is 64.6 cm³/mol. The van der Waals surface area contributed by atoms with Crippen molar-refractivity contribution in [2.24, 2.45) is 0 Å². The third-order valence-electron chi connectivity index (χ3n) is 2.98. The zero-order valence-corrected chi connectivity index (χ0v) is 9.96. The van der Waals surface area contributed by atoms with Crippen LogP contribution in [0.3, 0.4) is 0 Å². The first-order valence-corrected chi connectivity index (χ1v) is 5.82. The number of fused-ring (bicyclic) bond motifs is 2. The van der Waals surface area contributed by atoms with E-state index in [-0.39, 0.29) is 11.5 Å². The fourth-order valence-electron chi connectivity index (χ4n) is 2.18. The average molecular weight is 275 g/mol. The van der Waals surface area contributed by atoms with E-state index in [0.29, 0.717) is 16.9 Å². The number of hydrogen-bond donors (Lipinski definition) is 0. The van der Waals surface area contributed by atoms with Gasteiger partial charge < -0.3 is 9.47 Å². The van der Waals surface area contributed by atoms with Gasteiger partial charge in [0, 0.05) is 11.8 Å². The van der Waals surface area contributed by atoms with E-state index in [0.717, 1.165) is 0 Å². The van der Waals surface area contributed by atoms with Gasteiger partial charge in [-0.3, -0.25) is 0 Å². The van der Waals surface area contributed by atoms with Gasteiger partial charge in [0.15, 0.2) is 17.1 Å². The first kappa shape index (κ1) is 11.2. The highest BCUT2D eigenvalue weighted by Crippen LogP contribution is 2.46. The van der Waals surface area contributed by atoms with Crippen LogP contribution in [-0.2, 0) is 0 Å². The van der Waals surface area contributed by atoms with Crippen molar-refractivity contribution in [2.75, 3.05) is 0 Å². The minimum atomic E-state index is -3.65. The smallest absolute Gasteiger partial charge is 0.395 e. The summed E-state index contributed by atoms with van der Waals surface area (Å²) >= 11 is 0. The van der Waals surface area contributed by atoms with Crippen LogP contribution in [0, 0.1) is 0 Å². The highest BCUT2D eigenvalue weighted by molar-refractivity contribution is 5.73.